The van der Waals surface area contributed by atoms with Crippen LogP contribution in [0.5, 0.6) is 0 Å². The van der Waals surface area contributed by atoms with Crippen LogP contribution in [0.4, 0.5) is 0 Å². The van der Waals surface area contributed by atoms with E-state index in [0.717, 1.165) is 149 Å². The van der Waals surface area contributed by atoms with Gasteiger partial charge < -0.3 is 4.42 Å². The van der Waals surface area contributed by atoms with Crippen molar-refractivity contribution >= 4 is 86.9 Å². The van der Waals surface area contributed by atoms with Crippen molar-refractivity contribution in [2.24, 2.45) is 0 Å². The molecule has 0 aliphatic carbocycles. The summed E-state index contributed by atoms with van der Waals surface area (Å²) < 4.78 is 7.49. The van der Waals surface area contributed by atoms with Crippen molar-refractivity contribution in [3.63, 3.8) is 0 Å². The normalized spacial score (nSPS) is 11.9. The van der Waals surface area contributed by atoms with Crippen LogP contribution in [0.1, 0.15) is 25.3 Å². The summed E-state index contributed by atoms with van der Waals surface area (Å²) in [5.74, 6) is 0.614. The fourth-order valence-electron chi connectivity index (χ4n) is 20.1. The maximum absolute atomic E-state index is 6.35. The minimum absolute atomic E-state index is 0.614. The van der Waals surface area contributed by atoms with Crippen molar-refractivity contribution in [2.75, 3.05) is 0 Å². The van der Waals surface area contributed by atoms with Gasteiger partial charge in [0.2, 0.25) is 5.89 Å². The van der Waals surface area contributed by atoms with E-state index in [-0.39, 0.29) is 0 Å². The third kappa shape index (κ3) is 14.1. The molecule has 23 rings (SSSR count). The summed E-state index contributed by atoms with van der Waals surface area (Å²) in [5.41, 5.74) is 39.2. The van der Waals surface area contributed by atoms with Gasteiger partial charge in [-0.05, 0) is 273 Å². The molecule has 3 nitrogen and oxygen atoms in total. The van der Waals surface area contributed by atoms with E-state index in [2.05, 4.69) is 463 Å². The van der Waals surface area contributed by atoms with Gasteiger partial charge in [0.15, 0.2) is 5.58 Å². The van der Waals surface area contributed by atoms with Gasteiger partial charge in [-0.15, -0.1) is 11.3 Å². The van der Waals surface area contributed by atoms with Crippen molar-refractivity contribution in [1.82, 2.24) is 9.97 Å². The molecule has 610 valence electrons. The predicted octanol–water partition coefficient (Wildman–Crippen LogP) is 35.6. The molecule has 0 radical (unpaired) electrons. The average Bonchev–Trinajstić information content (AvgIpc) is 1.74. The molecule has 2 heterocycles. The highest BCUT2D eigenvalue weighted by Gasteiger charge is 2.29. The molecule has 0 amide bonds. The summed E-state index contributed by atoms with van der Waals surface area (Å²) in [6, 6.07) is 169. The van der Waals surface area contributed by atoms with Crippen LogP contribution in [-0.2, 0) is 0 Å². The highest BCUT2D eigenvalue weighted by Crippen LogP contribution is 2.56. The Hall–Kier alpha value is -16.5. The van der Waals surface area contributed by atoms with Gasteiger partial charge in [0.25, 0.3) is 0 Å². The fraction of sp³-hybridized carbons (Fsp3) is 0.0159. The zero-order valence-electron chi connectivity index (χ0n) is 71.7. The quantitative estimate of drug-likeness (QED) is 0.0635. The Bertz CT molecular complexity index is 8210. The number of fused-ring (bicyclic) bond motifs is 6. The number of oxazole rings is 1. The minimum Gasteiger partial charge on any atom is -0.436 e. The topological polar surface area (TPSA) is 38.9 Å². The largest absolute Gasteiger partial charge is 0.436 e. The first-order valence-electron chi connectivity index (χ1n) is 44.6. The van der Waals surface area contributed by atoms with E-state index in [1.807, 2.05) is 24.3 Å². The van der Waals surface area contributed by atoms with Gasteiger partial charge in [-0.3, -0.25) is 0 Å². The first kappa shape index (κ1) is 78.2. The monoisotopic (exact) mass is 1670 g/mol. The summed E-state index contributed by atoms with van der Waals surface area (Å²) in [7, 11) is 0. The maximum atomic E-state index is 6.35. The van der Waals surface area contributed by atoms with Crippen LogP contribution < -0.4 is 0 Å². The van der Waals surface area contributed by atoms with Crippen molar-refractivity contribution in [1.29, 1.82) is 0 Å². The first-order chi connectivity index (χ1) is 64.4. The summed E-state index contributed by atoms with van der Waals surface area (Å²) in [6.45, 7) is 4.22. The van der Waals surface area contributed by atoms with Gasteiger partial charge in [0.05, 0.1) is 10.2 Å². The van der Waals surface area contributed by atoms with E-state index < -0.39 is 0 Å². The van der Waals surface area contributed by atoms with Crippen LogP contribution in [0.15, 0.2) is 478 Å². The third-order valence-electron chi connectivity index (χ3n) is 25.8. The molecule has 0 spiro atoms. The van der Waals surface area contributed by atoms with Gasteiger partial charge in [-0.25, -0.2) is 9.97 Å². The van der Waals surface area contributed by atoms with E-state index >= 15 is 0 Å². The molecule has 130 heavy (non-hydrogen) atoms. The van der Waals surface area contributed by atoms with E-state index in [1.54, 1.807) is 11.3 Å². The van der Waals surface area contributed by atoms with Gasteiger partial charge in [-0.1, -0.05) is 419 Å². The number of aromatic nitrogens is 2. The summed E-state index contributed by atoms with van der Waals surface area (Å²) in [5, 5.41) is 10.4. The molecule has 2 aromatic heterocycles. The molecule has 0 fully saturated rings. The standard InChI is InChI=1S/C126H84N2OS/c1-3-82(75-81(2)125-127-111-68-33-34-70-113(111)129-125)114-99-59-25-27-61-101(99)115(102-62-28-26-60-100(102)114)94-55-36-54-93(77-94)110-80-108(84-41-13-5-14-42-84)119(87-45-17-7-18-46-87)123(121(110)89-49-21-9-22-50-89)91-73-71-85(72-74-91)98-67-38-69-112-124(98)130-126(128-112)97-58-37-57-96(78-97)117-105-65-31-29-63-103(105)116(104-64-30-32-66-106(104)117)95-56-35-53-92(76-95)109-79-107(83-39-11-4-12-40-83)118(86-43-15-6-16-44-86)122(90-51-23-10-24-52-90)120(109)88-47-19-8-20-48-88/h3-80H,1-2H3/b81-75+,82-3+. The number of hydrogen-bond donors (Lipinski definition) is 0. The van der Waals surface area contributed by atoms with Crippen LogP contribution in [0.25, 0.3) is 242 Å². The zero-order chi connectivity index (χ0) is 86.5. The Labute approximate surface area is 760 Å². The SMILES string of the molecule is C/C=C(\C=C(/C)c1nc2ccccc2o1)c1c2ccccc2c(-c2cccc(-c3cc(-c4ccccc4)c(-c4ccccc4)c(-c4ccc(-c5cccc6nc(-c7cccc(-c8c9ccccc9c(-c9cccc(-c%10cc(-c%11ccccc%11)c(-c%11ccccc%11)c(-c%11ccccc%11)c%10-c%10ccccc%10)c9)c9ccccc89)c7)sc56)cc4)c3-c3ccccc3)c2)c2ccccc12. The van der Waals surface area contributed by atoms with Crippen molar-refractivity contribution in [3.8, 4) is 166 Å². The number of benzene rings is 21. The molecule has 0 atom stereocenters. The molecular formula is C126H84N2OS. The van der Waals surface area contributed by atoms with Gasteiger partial charge >= 0.3 is 0 Å². The van der Waals surface area contributed by atoms with Gasteiger partial charge in [0.1, 0.15) is 10.5 Å². The highest BCUT2D eigenvalue weighted by atomic mass is 32.1. The van der Waals surface area contributed by atoms with Crippen LogP contribution in [0.2, 0.25) is 0 Å². The molecule has 0 unspecified atom stereocenters. The van der Waals surface area contributed by atoms with E-state index in [0.29, 0.717) is 5.89 Å². The number of allylic oxidation sites excluding steroid dienone is 4. The second-order valence-corrected chi connectivity index (χ2v) is 34.5. The van der Waals surface area contributed by atoms with Crippen molar-refractivity contribution in [3.05, 3.63) is 485 Å². The second-order valence-electron chi connectivity index (χ2n) is 33.5. The molecule has 0 bridgehead atoms. The Balaban J connectivity index is 0.635. The first-order valence-corrected chi connectivity index (χ1v) is 45.4. The molecule has 0 aliphatic heterocycles. The summed E-state index contributed by atoms with van der Waals surface area (Å²) >= 11 is 1.76. The Morgan fingerprint density at radius 1 is 0.231 bits per heavy atom. The molecule has 0 saturated heterocycles. The smallest absolute Gasteiger partial charge is 0.222 e. The molecule has 0 N–H and O–H groups in total. The number of rotatable bonds is 18. The lowest BCUT2D eigenvalue weighted by molar-refractivity contribution is 0.584. The predicted molar refractivity (Wildman–Crippen MR) is 552 cm³/mol. The Morgan fingerprint density at radius 2 is 0.523 bits per heavy atom. The second kappa shape index (κ2) is 33.8. The molecule has 21 aromatic carbocycles. The molecule has 4 heteroatoms. The van der Waals surface area contributed by atoms with E-state index in [4.69, 9.17) is 14.4 Å². The molecular weight excluding hydrogens is 1590 g/mol. The summed E-state index contributed by atoms with van der Waals surface area (Å²) in [6.07, 6.45) is 4.45. The highest BCUT2D eigenvalue weighted by molar-refractivity contribution is 7.22. The molecule has 0 aliphatic rings. The molecule has 0 saturated carbocycles. The number of hydrogen-bond acceptors (Lipinski definition) is 4. The summed E-state index contributed by atoms with van der Waals surface area (Å²) in [4.78, 5) is 10.5. The van der Waals surface area contributed by atoms with Gasteiger partial charge in [-0.2, -0.15) is 0 Å². The van der Waals surface area contributed by atoms with Gasteiger partial charge in [0, 0.05) is 16.7 Å². The molecule has 23 aromatic rings. The van der Waals surface area contributed by atoms with Crippen LogP contribution in [-0.4, -0.2) is 9.97 Å². The fourth-order valence-corrected chi connectivity index (χ4v) is 21.2. The van der Waals surface area contributed by atoms with E-state index in [1.165, 1.54) is 98.7 Å². The number of nitrogens with zero attached hydrogens (tertiary/aromatic N) is 2. The van der Waals surface area contributed by atoms with Crippen LogP contribution in [0, 0.1) is 0 Å². The zero-order valence-corrected chi connectivity index (χ0v) is 72.6. The lowest BCUT2D eigenvalue weighted by Gasteiger charge is -2.25. The van der Waals surface area contributed by atoms with Crippen molar-refractivity contribution < 1.29 is 4.42 Å². The average molecular weight is 1670 g/mol. The van der Waals surface area contributed by atoms with Crippen molar-refractivity contribution in [2.45, 2.75) is 13.8 Å². The van der Waals surface area contributed by atoms with Crippen LogP contribution in [0.3, 0.4) is 0 Å². The Morgan fingerprint density at radius 3 is 0.931 bits per heavy atom. The third-order valence-corrected chi connectivity index (χ3v) is 27.0. The van der Waals surface area contributed by atoms with E-state index in [9.17, 15) is 0 Å². The number of para-hydroxylation sites is 2. The minimum atomic E-state index is 0.614. The lowest BCUT2D eigenvalue weighted by atomic mass is 9.78. The lowest BCUT2D eigenvalue weighted by Crippen LogP contribution is -1.98. The maximum Gasteiger partial charge on any atom is 0.222 e. The van der Waals surface area contributed by atoms with Crippen LogP contribution >= 0.6 is 11.3 Å². The Kier molecular flexibility index (Phi) is 20.3. The number of thiazole rings is 1.